The van der Waals surface area contributed by atoms with Crippen molar-refractivity contribution in [2.45, 2.75) is 12.8 Å². The number of nitrogens with zero attached hydrogens (tertiary/aromatic N) is 1. The summed E-state index contributed by atoms with van der Waals surface area (Å²) in [6.07, 6.45) is 5.32. The Kier molecular flexibility index (Phi) is 4.85. The van der Waals surface area contributed by atoms with Gasteiger partial charge in [0.25, 0.3) is 0 Å². The van der Waals surface area contributed by atoms with Crippen LogP contribution < -0.4 is 5.32 Å². The number of hydrogen-bond acceptors (Lipinski definition) is 2. The van der Waals surface area contributed by atoms with Crippen LogP contribution in [0.4, 0.5) is 4.39 Å². The maximum atomic E-state index is 13.3. The van der Waals surface area contributed by atoms with Crippen LogP contribution in [0, 0.1) is 5.82 Å². The summed E-state index contributed by atoms with van der Waals surface area (Å²) in [5, 5.41) is 3.32. The van der Waals surface area contributed by atoms with Gasteiger partial charge in [-0.25, -0.2) is 4.39 Å². The fourth-order valence-corrected chi connectivity index (χ4v) is 1.83. The Labute approximate surface area is 107 Å². The van der Waals surface area contributed by atoms with E-state index in [9.17, 15) is 4.39 Å². The van der Waals surface area contributed by atoms with Crippen LogP contribution >= 0.6 is 0 Å². The number of pyridine rings is 1. The third-order valence-corrected chi connectivity index (χ3v) is 2.84. The maximum Gasteiger partial charge on any atom is 0.126 e. The van der Waals surface area contributed by atoms with Crippen molar-refractivity contribution in [3.63, 3.8) is 0 Å². The molecule has 18 heavy (non-hydrogen) atoms. The van der Waals surface area contributed by atoms with Crippen LogP contribution in [0.2, 0.25) is 0 Å². The predicted molar refractivity (Wildman–Crippen MR) is 70.9 cm³/mol. The molecule has 2 aromatic rings. The van der Waals surface area contributed by atoms with Gasteiger partial charge in [0.2, 0.25) is 0 Å². The molecular weight excluding hydrogens is 227 g/mol. The van der Waals surface area contributed by atoms with E-state index in [0.29, 0.717) is 0 Å². The quantitative estimate of drug-likeness (QED) is 0.790. The molecule has 0 unspecified atom stereocenters. The highest BCUT2D eigenvalue weighted by Crippen LogP contribution is 2.06. The predicted octanol–water partition coefficient (Wildman–Crippen LogP) is 2.60. The highest BCUT2D eigenvalue weighted by Gasteiger charge is 1.99. The van der Waals surface area contributed by atoms with Crippen molar-refractivity contribution in [2.24, 2.45) is 0 Å². The first-order valence-corrected chi connectivity index (χ1v) is 6.19. The van der Waals surface area contributed by atoms with Gasteiger partial charge in [-0.05, 0) is 49.2 Å². The smallest absolute Gasteiger partial charge is 0.126 e. The zero-order valence-electron chi connectivity index (χ0n) is 10.3. The van der Waals surface area contributed by atoms with E-state index in [4.69, 9.17) is 0 Å². The lowest BCUT2D eigenvalue weighted by Crippen LogP contribution is -2.20. The van der Waals surface area contributed by atoms with Gasteiger partial charge in [0, 0.05) is 12.4 Å². The molecule has 1 aromatic heterocycles. The first kappa shape index (κ1) is 12.7. The Morgan fingerprint density at radius 1 is 1.00 bits per heavy atom. The zero-order chi connectivity index (χ0) is 12.6. The average Bonchev–Trinajstić information content (AvgIpc) is 2.42. The third-order valence-electron chi connectivity index (χ3n) is 2.84. The average molecular weight is 244 g/mol. The van der Waals surface area contributed by atoms with Crippen molar-refractivity contribution in [3.8, 4) is 0 Å². The van der Waals surface area contributed by atoms with Gasteiger partial charge in [0.1, 0.15) is 5.82 Å². The summed E-state index contributed by atoms with van der Waals surface area (Å²) < 4.78 is 13.3. The molecule has 1 aromatic carbocycles. The van der Waals surface area contributed by atoms with Gasteiger partial charge in [-0.15, -0.1) is 0 Å². The molecule has 94 valence electrons. The van der Waals surface area contributed by atoms with Crippen molar-refractivity contribution < 1.29 is 4.39 Å². The Hall–Kier alpha value is -1.74. The summed E-state index contributed by atoms with van der Waals surface area (Å²) in [5.41, 5.74) is 1.99. The molecule has 0 atom stereocenters. The van der Waals surface area contributed by atoms with Gasteiger partial charge in [-0.1, -0.05) is 24.3 Å². The Bertz CT molecular complexity index is 471. The van der Waals surface area contributed by atoms with Crippen molar-refractivity contribution >= 4 is 0 Å². The topological polar surface area (TPSA) is 24.9 Å². The SMILES string of the molecule is Fc1ccccc1CCNCCc1cccnc1. The zero-order valence-corrected chi connectivity index (χ0v) is 10.3. The maximum absolute atomic E-state index is 13.3. The van der Waals surface area contributed by atoms with Crippen LogP contribution in [-0.2, 0) is 12.8 Å². The lowest BCUT2D eigenvalue weighted by atomic mass is 10.1. The number of aromatic nitrogens is 1. The van der Waals surface area contributed by atoms with Crippen LogP contribution in [-0.4, -0.2) is 18.1 Å². The molecule has 0 spiro atoms. The summed E-state index contributed by atoms with van der Waals surface area (Å²) in [6, 6.07) is 10.9. The monoisotopic (exact) mass is 244 g/mol. The van der Waals surface area contributed by atoms with Gasteiger partial charge in [0.15, 0.2) is 0 Å². The number of hydrogen-bond donors (Lipinski definition) is 1. The van der Waals surface area contributed by atoms with E-state index in [2.05, 4.69) is 16.4 Å². The lowest BCUT2D eigenvalue weighted by Gasteiger charge is -2.05. The van der Waals surface area contributed by atoms with Crippen LogP contribution in [0.15, 0.2) is 48.8 Å². The van der Waals surface area contributed by atoms with E-state index in [1.54, 1.807) is 12.3 Å². The van der Waals surface area contributed by atoms with Gasteiger partial charge in [-0.2, -0.15) is 0 Å². The summed E-state index contributed by atoms with van der Waals surface area (Å²) in [4.78, 5) is 4.07. The largest absolute Gasteiger partial charge is 0.316 e. The Balaban J connectivity index is 1.66. The van der Waals surface area contributed by atoms with Gasteiger partial charge in [-0.3, -0.25) is 4.98 Å². The van der Waals surface area contributed by atoms with Crippen LogP contribution in [0.25, 0.3) is 0 Å². The van der Waals surface area contributed by atoms with Crippen LogP contribution in [0.3, 0.4) is 0 Å². The number of rotatable bonds is 6. The second kappa shape index (κ2) is 6.87. The standard InChI is InChI=1S/C15H17FN2/c16-15-6-2-1-5-14(15)8-11-17-10-7-13-4-3-9-18-12-13/h1-6,9,12,17H,7-8,10-11H2. The first-order valence-electron chi connectivity index (χ1n) is 6.19. The minimum absolute atomic E-state index is 0.119. The third kappa shape index (κ3) is 3.93. The number of nitrogens with one attached hydrogen (secondary N) is 1. The number of halogens is 1. The van der Waals surface area contributed by atoms with Crippen molar-refractivity contribution in [1.29, 1.82) is 0 Å². The van der Waals surface area contributed by atoms with Gasteiger partial charge < -0.3 is 5.32 Å². The fourth-order valence-electron chi connectivity index (χ4n) is 1.83. The molecule has 2 rings (SSSR count). The van der Waals surface area contributed by atoms with E-state index in [1.807, 2.05) is 24.4 Å². The fraction of sp³-hybridized carbons (Fsp3) is 0.267. The molecule has 1 heterocycles. The molecular formula is C15H17FN2. The molecule has 0 bridgehead atoms. The van der Waals surface area contributed by atoms with E-state index in [-0.39, 0.29) is 5.82 Å². The highest BCUT2D eigenvalue weighted by atomic mass is 19.1. The number of benzene rings is 1. The second-order valence-electron chi connectivity index (χ2n) is 4.20. The molecule has 0 aliphatic carbocycles. The van der Waals surface area contributed by atoms with Gasteiger partial charge in [0.05, 0.1) is 0 Å². The minimum atomic E-state index is -0.119. The Morgan fingerprint density at radius 3 is 2.61 bits per heavy atom. The van der Waals surface area contributed by atoms with Crippen molar-refractivity contribution in [1.82, 2.24) is 10.3 Å². The summed E-state index contributed by atoms with van der Waals surface area (Å²) in [6.45, 7) is 1.68. The summed E-state index contributed by atoms with van der Waals surface area (Å²) in [5.74, 6) is -0.119. The molecule has 0 amide bonds. The summed E-state index contributed by atoms with van der Waals surface area (Å²) in [7, 11) is 0. The molecule has 0 radical (unpaired) electrons. The lowest BCUT2D eigenvalue weighted by molar-refractivity contribution is 0.598. The minimum Gasteiger partial charge on any atom is -0.316 e. The van der Waals surface area contributed by atoms with Crippen LogP contribution in [0.5, 0.6) is 0 Å². The van der Waals surface area contributed by atoms with E-state index in [0.717, 1.165) is 31.5 Å². The molecule has 3 heteroatoms. The molecule has 0 aliphatic heterocycles. The van der Waals surface area contributed by atoms with E-state index < -0.39 is 0 Å². The molecule has 1 N–H and O–H groups in total. The van der Waals surface area contributed by atoms with E-state index in [1.165, 1.54) is 11.6 Å². The highest BCUT2D eigenvalue weighted by molar-refractivity contribution is 5.17. The summed E-state index contributed by atoms with van der Waals surface area (Å²) >= 11 is 0. The molecule has 0 saturated heterocycles. The van der Waals surface area contributed by atoms with E-state index >= 15 is 0 Å². The second-order valence-corrected chi connectivity index (χ2v) is 4.20. The molecule has 2 nitrogen and oxygen atoms in total. The first-order chi connectivity index (χ1) is 8.86. The van der Waals surface area contributed by atoms with Crippen molar-refractivity contribution in [3.05, 3.63) is 65.7 Å². The van der Waals surface area contributed by atoms with Crippen molar-refractivity contribution in [2.75, 3.05) is 13.1 Å². The van der Waals surface area contributed by atoms with Crippen LogP contribution in [0.1, 0.15) is 11.1 Å². The molecule has 0 fully saturated rings. The molecule has 0 saturated carbocycles. The van der Waals surface area contributed by atoms with Gasteiger partial charge >= 0.3 is 0 Å². The normalized spacial score (nSPS) is 10.5. The Morgan fingerprint density at radius 2 is 1.83 bits per heavy atom. The molecule has 0 aliphatic rings.